The average Bonchev–Trinajstić information content (AvgIpc) is 2.70. The van der Waals surface area contributed by atoms with E-state index in [-0.39, 0.29) is 0 Å². The molecule has 4 nitrogen and oxygen atoms in total. The fraction of sp³-hybridized carbons (Fsp3) is 0.250. The van der Waals surface area contributed by atoms with Crippen molar-refractivity contribution in [1.82, 2.24) is 15.0 Å². The van der Waals surface area contributed by atoms with Crippen LogP contribution in [0.2, 0.25) is 0 Å². The van der Waals surface area contributed by atoms with Crippen LogP contribution < -0.4 is 0 Å². The summed E-state index contributed by atoms with van der Waals surface area (Å²) in [6, 6.07) is 0. The Balaban J connectivity index is 2.23. The summed E-state index contributed by atoms with van der Waals surface area (Å²) in [6.07, 6.45) is 3.40. The van der Waals surface area contributed by atoms with Crippen molar-refractivity contribution in [2.24, 2.45) is 0 Å². The van der Waals surface area contributed by atoms with Gasteiger partial charge in [0.25, 0.3) is 0 Å². The maximum atomic E-state index is 4.98. The number of rotatable bonds is 3. The first-order valence-corrected chi connectivity index (χ1v) is 4.70. The van der Waals surface area contributed by atoms with E-state index in [1.54, 1.807) is 31.0 Å². The number of hydrogen-bond acceptors (Lipinski definition) is 4. The monoisotopic (exact) mass is 195 g/mol. The lowest BCUT2D eigenvalue weighted by atomic mass is 10.5. The number of nitrogens with one attached hydrogen (secondary N) is 1. The van der Waals surface area contributed by atoms with E-state index in [4.69, 9.17) is 4.74 Å². The van der Waals surface area contributed by atoms with E-state index in [1.165, 1.54) is 0 Å². The molecule has 0 saturated carbocycles. The normalized spacial score (nSPS) is 10.5. The minimum Gasteiger partial charge on any atom is -0.378 e. The second-order valence-electron chi connectivity index (χ2n) is 2.54. The number of nitrogens with zero attached hydrogens (tertiary/aromatic N) is 2. The summed E-state index contributed by atoms with van der Waals surface area (Å²) in [7, 11) is 1.66. The highest BCUT2D eigenvalue weighted by Crippen LogP contribution is 2.20. The van der Waals surface area contributed by atoms with Crippen molar-refractivity contribution in [3.05, 3.63) is 23.6 Å². The third-order valence-electron chi connectivity index (χ3n) is 1.57. The van der Waals surface area contributed by atoms with Gasteiger partial charge in [0.2, 0.25) is 0 Å². The van der Waals surface area contributed by atoms with E-state index in [2.05, 4.69) is 15.0 Å². The van der Waals surface area contributed by atoms with E-state index in [0.29, 0.717) is 6.61 Å². The standard InChI is InChI=1S/C8H9N3OS/c1-12-3-6-4-13-8(11-6)7-2-9-5-10-7/h2,4-5H,3H2,1H3,(H,9,10). The highest BCUT2D eigenvalue weighted by Gasteiger charge is 2.04. The van der Waals surface area contributed by atoms with Crippen LogP contribution in [0.4, 0.5) is 0 Å². The molecular formula is C8H9N3OS. The second kappa shape index (κ2) is 3.68. The zero-order valence-corrected chi connectivity index (χ0v) is 7.97. The van der Waals surface area contributed by atoms with Gasteiger partial charge in [0.1, 0.15) is 5.01 Å². The van der Waals surface area contributed by atoms with Crippen LogP contribution in [0.1, 0.15) is 5.69 Å². The summed E-state index contributed by atoms with van der Waals surface area (Å²) in [5.41, 5.74) is 1.91. The smallest absolute Gasteiger partial charge is 0.141 e. The highest BCUT2D eigenvalue weighted by atomic mass is 32.1. The van der Waals surface area contributed by atoms with E-state index >= 15 is 0 Å². The van der Waals surface area contributed by atoms with Gasteiger partial charge in [-0.15, -0.1) is 11.3 Å². The van der Waals surface area contributed by atoms with Crippen LogP contribution >= 0.6 is 11.3 Å². The minimum absolute atomic E-state index is 0.560. The summed E-state index contributed by atoms with van der Waals surface area (Å²) in [4.78, 5) is 11.3. The van der Waals surface area contributed by atoms with Crippen LogP contribution in [0.5, 0.6) is 0 Å². The predicted octanol–water partition coefficient (Wildman–Crippen LogP) is 1.68. The van der Waals surface area contributed by atoms with Gasteiger partial charge >= 0.3 is 0 Å². The number of methoxy groups -OCH3 is 1. The molecule has 0 aliphatic rings. The largest absolute Gasteiger partial charge is 0.378 e. The molecule has 0 fully saturated rings. The van der Waals surface area contributed by atoms with Gasteiger partial charge in [-0.1, -0.05) is 0 Å². The summed E-state index contributed by atoms with van der Waals surface area (Å²) in [6.45, 7) is 0.560. The fourth-order valence-corrected chi connectivity index (χ4v) is 1.79. The minimum atomic E-state index is 0.560. The van der Waals surface area contributed by atoms with Crippen molar-refractivity contribution in [2.45, 2.75) is 6.61 Å². The van der Waals surface area contributed by atoms with Gasteiger partial charge in [-0.2, -0.15) is 0 Å². The van der Waals surface area contributed by atoms with Crippen LogP contribution in [0.3, 0.4) is 0 Å². The van der Waals surface area contributed by atoms with Crippen LogP contribution in [-0.4, -0.2) is 22.1 Å². The second-order valence-corrected chi connectivity index (χ2v) is 3.40. The first-order chi connectivity index (χ1) is 6.40. The Labute approximate surface area is 79.6 Å². The molecule has 0 saturated heterocycles. The van der Waals surface area contributed by atoms with E-state index < -0.39 is 0 Å². The topological polar surface area (TPSA) is 50.8 Å². The van der Waals surface area contributed by atoms with Gasteiger partial charge in [-0.25, -0.2) is 9.97 Å². The Morgan fingerprint density at radius 3 is 3.23 bits per heavy atom. The molecule has 0 bridgehead atoms. The third-order valence-corrected chi connectivity index (χ3v) is 2.50. The number of ether oxygens (including phenoxy) is 1. The Morgan fingerprint density at radius 1 is 1.62 bits per heavy atom. The molecular weight excluding hydrogens is 186 g/mol. The molecule has 0 radical (unpaired) electrons. The molecule has 2 heterocycles. The van der Waals surface area contributed by atoms with Gasteiger partial charge in [0, 0.05) is 12.5 Å². The number of thiazole rings is 1. The molecule has 0 spiro atoms. The quantitative estimate of drug-likeness (QED) is 0.810. The molecule has 5 heteroatoms. The molecule has 2 rings (SSSR count). The molecule has 0 aliphatic carbocycles. The van der Waals surface area contributed by atoms with Crippen molar-refractivity contribution in [1.29, 1.82) is 0 Å². The van der Waals surface area contributed by atoms with Crippen molar-refractivity contribution < 1.29 is 4.74 Å². The number of H-pyrrole nitrogens is 1. The first kappa shape index (κ1) is 8.40. The molecule has 13 heavy (non-hydrogen) atoms. The number of aromatic nitrogens is 3. The molecule has 68 valence electrons. The Kier molecular flexibility index (Phi) is 2.37. The van der Waals surface area contributed by atoms with Gasteiger partial charge < -0.3 is 9.72 Å². The lowest BCUT2D eigenvalue weighted by Crippen LogP contribution is -1.86. The fourth-order valence-electron chi connectivity index (χ4n) is 1.02. The Bertz CT molecular complexity index is 368. The van der Waals surface area contributed by atoms with E-state index in [9.17, 15) is 0 Å². The van der Waals surface area contributed by atoms with Crippen molar-refractivity contribution in [2.75, 3.05) is 7.11 Å². The van der Waals surface area contributed by atoms with Gasteiger partial charge in [-0.3, -0.25) is 0 Å². The van der Waals surface area contributed by atoms with Gasteiger partial charge in [0.05, 0.1) is 30.5 Å². The zero-order valence-electron chi connectivity index (χ0n) is 7.15. The molecule has 0 aliphatic heterocycles. The highest BCUT2D eigenvalue weighted by molar-refractivity contribution is 7.13. The van der Waals surface area contributed by atoms with Crippen LogP contribution in [0.25, 0.3) is 10.7 Å². The summed E-state index contributed by atoms with van der Waals surface area (Å²) < 4.78 is 4.98. The van der Waals surface area contributed by atoms with E-state index in [1.807, 2.05) is 5.38 Å². The van der Waals surface area contributed by atoms with Crippen LogP contribution in [-0.2, 0) is 11.3 Å². The van der Waals surface area contributed by atoms with Crippen molar-refractivity contribution >= 4 is 11.3 Å². The van der Waals surface area contributed by atoms with Crippen molar-refractivity contribution in [3.8, 4) is 10.7 Å². The number of hydrogen-bond donors (Lipinski definition) is 1. The van der Waals surface area contributed by atoms with Gasteiger partial charge in [-0.05, 0) is 0 Å². The Morgan fingerprint density at radius 2 is 2.54 bits per heavy atom. The number of aromatic amines is 1. The number of imidazole rings is 1. The summed E-state index contributed by atoms with van der Waals surface area (Å²) >= 11 is 1.58. The lowest BCUT2D eigenvalue weighted by Gasteiger charge is -1.90. The van der Waals surface area contributed by atoms with Crippen LogP contribution in [0, 0.1) is 0 Å². The summed E-state index contributed by atoms with van der Waals surface area (Å²) in [5.74, 6) is 0. The molecule has 0 unspecified atom stereocenters. The van der Waals surface area contributed by atoms with E-state index in [0.717, 1.165) is 16.4 Å². The third kappa shape index (κ3) is 1.76. The predicted molar refractivity (Wildman–Crippen MR) is 50.4 cm³/mol. The Hall–Kier alpha value is -1.20. The lowest BCUT2D eigenvalue weighted by molar-refractivity contribution is 0.182. The first-order valence-electron chi connectivity index (χ1n) is 3.82. The summed E-state index contributed by atoms with van der Waals surface area (Å²) in [5, 5.41) is 2.93. The molecule has 2 aromatic heterocycles. The van der Waals surface area contributed by atoms with Crippen molar-refractivity contribution in [3.63, 3.8) is 0 Å². The van der Waals surface area contributed by atoms with Gasteiger partial charge in [0.15, 0.2) is 0 Å². The maximum absolute atomic E-state index is 4.98. The molecule has 0 atom stereocenters. The molecule has 0 amide bonds. The zero-order chi connectivity index (χ0) is 9.10. The van der Waals surface area contributed by atoms with Crippen LogP contribution in [0.15, 0.2) is 17.9 Å². The molecule has 1 N–H and O–H groups in total. The average molecular weight is 195 g/mol. The SMILES string of the molecule is COCc1csc(-c2cnc[nH]2)n1. The molecule has 2 aromatic rings. The molecule has 0 aromatic carbocycles. The maximum Gasteiger partial charge on any atom is 0.141 e.